The van der Waals surface area contributed by atoms with Gasteiger partial charge in [0, 0.05) is 10.8 Å². The van der Waals surface area contributed by atoms with E-state index >= 15 is 0 Å². The number of aryl methyl sites for hydroxylation is 1. The maximum Gasteiger partial charge on any atom is 0.304 e. The molecule has 1 N–H and O–H groups in total. The summed E-state index contributed by atoms with van der Waals surface area (Å²) in [5.74, 6) is -1.32. The Balaban J connectivity index is 2.39. The SMILES string of the molecule is Cc1cc(C(CC(=O)O)c2cccs2)ccc1F. The van der Waals surface area contributed by atoms with Gasteiger partial charge in [0.2, 0.25) is 0 Å². The number of rotatable bonds is 4. The van der Waals surface area contributed by atoms with Crippen LogP contribution in [0.3, 0.4) is 0 Å². The molecule has 2 rings (SSSR count). The van der Waals surface area contributed by atoms with Crippen LogP contribution < -0.4 is 0 Å². The topological polar surface area (TPSA) is 37.3 Å². The smallest absolute Gasteiger partial charge is 0.304 e. The minimum absolute atomic E-state index is 0.0194. The largest absolute Gasteiger partial charge is 0.481 e. The number of halogens is 1. The summed E-state index contributed by atoms with van der Waals surface area (Å²) in [5, 5.41) is 10.9. The van der Waals surface area contributed by atoms with E-state index in [0.717, 1.165) is 10.4 Å². The number of carbonyl (C=O) groups is 1. The molecule has 1 aromatic heterocycles. The van der Waals surface area contributed by atoms with Crippen LogP contribution in [0.1, 0.15) is 28.3 Å². The summed E-state index contributed by atoms with van der Waals surface area (Å²) in [7, 11) is 0. The quantitative estimate of drug-likeness (QED) is 0.912. The molecule has 18 heavy (non-hydrogen) atoms. The summed E-state index contributed by atoms with van der Waals surface area (Å²) in [4.78, 5) is 11.9. The van der Waals surface area contributed by atoms with Crippen LogP contribution in [0.15, 0.2) is 35.7 Å². The van der Waals surface area contributed by atoms with E-state index in [1.165, 1.54) is 17.4 Å². The molecule has 0 saturated heterocycles. The van der Waals surface area contributed by atoms with E-state index in [2.05, 4.69) is 0 Å². The summed E-state index contributed by atoms with van der Waals surface area (Å²) in [6.07, 6.45) is 0.0194. The number of carboxylic acid groups (broad SMARTS) is 1. The molecule has 0 saturated carbocycles. The molecule has 0 radical (unpaired) electrons. The second kappa shape index (κ2) is 5.31. The van der Waals surface area contributed by atoms with Gasteiger partial charge in [0.15, 0.2) is 0 Å². The Morgan fingerprint density at radius 1 is 1.44 bits per heavy atom. The minimum atomic E-state index is -0.852. The average Bonchev–Trinajstić information content (AvgIpc) is 2.83. The zero-order valence-corrected chi connectivity index (χ0v) is 10.7. The molecule has 1 heterocycles. The zero-order valence-electron chi connectivity index (χ0n) is 9.89. The molecule has 0 fully saturated rings. The van der Waals surface area contributed by atoms with Gasteiger partial charge in [-0.2, -0.15) is 0 Å². The first-order chi connectivity index (χ1) is 8.58. The average molecular weight is 264 g/mol. The van der Waals surface area contributed by atoms with Crippen LogP contribution in [0.25, 0.3) is 0 Å². The van der Waals surface area contributed by atoms with E-state index in [0.29, 0.717) is 5.56 Å². The van der Waals surface area contributed by atoms with E-state index in [4.69, 9.17) is 5.11 Å². The molecule has 1 unspecified atom stereocenters. The van der Waals surface area contributed by atoms with Crippen molar-refractivity contribution in [2.75, 3.05) is 0 Å². The van der Waals surface area contributed by atoms with Crippen LogP contribution in [0.4, 0.5) is 4.39 Å². The predicted molar refractivity (Wildman–Crippen MR) is 69.6 cm³/mol. The number of hydrogen-bond donors (Lipinski definition) is 1. The third kappa shape index (κ3) is 2.76. The van der Waals surface area contributed by atoms with Crippen LogP contribution in [0.5, 0.6) is 0 Å². The van der Waals surface area contributed by atoms with Crippen LogP contribution in [-0.4, -0.2) is 11.1 Å². The lowest BCUT2D eigenvalue weighted by atomic mass is 9.93. The van der Waals surface area contributed by atoms with Crippen molar-refractivity contribution in [2.24, 2.45) is 0 Å². The fourth-order valence-electron chi connectivity index (χ4n) is 1.93. The van der Waals surface area contributed by atoms with Crippen molar-refractivity contribution in [3.05, 3.63) is 57.5 Å². The van der Waals surface area contributed by atoms with Gasteiger partial charge >= 0.3 is 5.97 Å². The lowest BCUT2D eigenvalue weighted by molar-refractivity contribution is -0.137. The van der Waals surface area contributed by atoms with Crippen molar-refractivity contribution in [3.63, 3.8) is 0 Å². The van der Waals surface area contributed by atoms with Gasteiger partial charge < -0.3 is 5.11 Å². The normalized spacial score (nSPS) is 12.3. The highest BCUT2D eigenvalue weighted by Gasteiger charge is 2.19. The molecule has 94 valence electrons. The second-order valence-corrected chi connectivity index (χ2v) is 5.15. The van der Waals surface area contributed by atoms with Crippen molar-refractivity contribution in [3.8, 4) is 0 Å². The number of benzene rings is 1. The molecule has 2 nitrogen and oxygen atoms in total. The maximum absolute atomic E-state index is 13.3. The monoisotopic (exact) mass is 264 g/mol. The van der Waals surface area contributed by atoms with Gasteiger partial charge in [-0.15, -0.1) is 11.3 Å². The number of carboxylic acids is 1. The Morgan fingerprint density at radius 3 is 2.78 bits per heavy atom. The molecule has 1 aromatic carbocycles. The Bertz CT molecular complexity index is 549. The summed E-state index contributed by atoms with van der Waals surface area (Å²) in [5.41, 5.74) is 1.39. The molecular weight excluding hydrogens is 251 g/mol. The predicted octanol–water partition coefficient (Wildman–Crippen LogP) is 3.80. The fourth-order valence-corrected chi connectivity index (χ4v) is 2.79. The van der Waals surface area contributed by atoms with Gasteiger partial charge in [-0.25, -0.2) is 4.39 Å². The summed E-state index contributed by atoms with van der Waals surface area (Å²) >= 11 is 1.52. The molecule has 0 spiro atoms. The number of thiophene rings is 1. The first-order valence-corrected chi connectivity index (χ1v) is 6.47. The number of aliphatic carboxylic acids is 1. The first kappa shape index (κ1) is 12.8. The molecule has 0 aliphatic rings. The minimum Gasteiger partial charge on any atom is -0.481 e. The Kier molecular flexibility index (Phi) is 3.77. The summed E-state index contributed by atoms with van der Waals surface area (Å²) in [6, 6.07) is 8.59. The highest BCUT2D eigenvalue weighted by Crippen LogP contribution is 2.32. The van der Waals surface area contributed by atoms with E-state index in [1.54, 1.807) is 19.1 Å². The van der Waals surface area contributed by atoms with Crippen LogP contribution >= 0.6 is 11.3 Å². The van der Waals surface area contributed by atoms with E-state index in [1.807, 2.05) is 17.5 Å². The second-order valence-electron chi connectivity index (χ2n) is 4.17. The van der Waals surface area contributed by atoms with E-state index in [9.17, 15) is 9.18 Å². The third-order valence-corrected chi connectivity index (χ3v) is 3.84. The lowest BCUT2D eigenvalue weighted by Crippen LogP contribution is -2.07. The van der Waals surface area contributed by atoms with Gasteiger partial charge in [0.1, 0.15) is 5.82 Å². The summed E-state index contributed by atoms with van der Waals surface area (Å²) in [6.45, 7) is 1.69. The number of hydrogen-bond acceptors (Lipinski definition) is 2. The van der Waals surface area contributed by atoms with Crippen molar-refractivity contribution in [2.45, 2.75) is 19.3 Å². The molecule has 2 aromatic rings. The maximum atomic E-state index is 13.3. The van der Waals surface area contributed by atoms with Crippen molar-refractivity contribution in [1.29, 1.82) is 0 Å². The van der Waals surface area contributed by atoms with Crippen molar-refractivity contribution >= 4 is 17.3 Å². The third-order valence-electron chi connectivity index (χ3n) is 2.85. The van der Waals surface area contributed by atoms with Crippen LogP contribution in [0.2, 0.25) is 0 Å². The molecular formula is C14H13FO2S. The summed E-state index contributed by atoms with van der Waals surface area (Å²) < 4.78 is 13.3. The zero-order chi connectivity index (χ0) is 13.1. The standard InChI is InChI=1S/C14H13FO2S/c1-9-7-10(4-5-12(9)15)11(8-14(16)17)13-3-2-6-18-13/h2-7,11H,8H2,1H3,(H,16,17). The lowest BCUT2D eigenvalue weighted by Gasteiger charge is -2.14. The van der Waals surface area contributed by atoms with Gasteiger partial charge in [-0.1, -0.05) is 18.2 Å². The molecule has 0 bridgehead atoms. The van der Waals surface area contributed by atoms with Gasteiger partial charge in [-0.3, -0.25) is 4.79 Å². The molecule has 0 aliphatic heterocycles. The van der Waals surface area contributed by atoms with E-state index in [-0.39, 0.29) is 18.2 Å². The van der Waals surface area contributed by atoms with Crippen molar-refractivity contribution in [1.82, 2.24) is 0 Å². The van der Waals surface area contributed by atoms with Gasteiger partial charge in [-0.05, 0) is 35.6 Å². The molecule has 4 heteroatoms. The first-order valence-electron chi connectivity index (χ1n) is 5.59. The molecule has 0 aliphatic carbocycles. The van der Waals surface area contributed by atoms with Crippen molar-refractivity contribution < 1.29 is 14.3 Å². The fraction of sp³-hybridized carbons (Fsp3) is 0.214. The van der Waals surface area contributed by atoms with E-state index < -0.39 is 5.97 Å². The van der Waals surface area contributed by atoms with Gasteiger partial charge in [0.05, 0.1) is 6.42 Å². The Labute approximate surface area is 109 Å². The Morgan fingerprint density at radius 2 is 2.22 bits per heavy atom. The molecule has 0 amide bonds. The highest BCUT2D eigenvalue weighted by molar-refractivity contribution is 7.10. The van der Waals surface area contributed by atoms with Crippen LogP contribution in [-0.2, 0) is 4.79 Å². The molecule has 1 atom stereocenters. The van der Waals surface area contributed by atoms with Gasteiger partial charge in [0.25, 0.3) is 0 Å². The van der Waals surface area contributed by atoms with Crippen LogP contribution in [0, 0.1) is 12.7 Å². The Hall–Kier alpha value is -1.68. The highest BCUT2D eigenvalue weighted by atomic mass is 32.1.